The predicted molar refractivity (Wildman–Crippen MR) is 68.9 cm³/mol. The lowest BCUT2D eigenvalue weighted by atomic mass is 10.0. The third kappa shape index (κ3) is 3.42. The van der Waals surface area contributed by atoms with E-state index in [0.29, 0.717) is 25.0 Å². The van der Waals surface area contributed by atoms with Gasteiger partial charge in [-0.2, -0.15) is 13.2 Å². The quantitative estimate of drug-likeness (QED) is 0.841. The van der Waals surface area contributed by atoms with Gasteiger partial charge in [0.05, 0.1) is 16.8 Å². The number of hydrogen-bond donors (Lipinski definition) is 2. The van der Waals surface area contributed by atoms with Crippen LogP contribution >= 0.6 is 0 Å². The Hall–Kier alpha value is -2.31. The number of halogens is 3. The van der Waals surface area contributed by atoms with Gasteiger partial charge >= 0.3 is 12.1 Å². The van der Waals surface area contributed by atoms with Crippen LogP contribution in [0.15, 0.2) is 30.4 Å². The van der Waals surface area contributed by atoms with Crippen molar-refractivity contribution >= 4 is 17.6 Å². The zero-order valence-corrected chi connectivity index (χ0v) is 10.8. The van der Waals surface area contributed by atoms with Gasteiger partial charge in [-0.25, -0.2) is 4.79 Å². The molecule has 112 valence electrons. The fourth-order valence-electron chi connectivity index (χ4n) is 2.08. The van der Waals surface area contributed by atoms with Crippen molar-refractivity contribution in [2.75, 3.05) is 5.32 Å². The monoisotopic (exact) mass is 299 g/mol. The van der Waals surface area contributed by atoms with E-state index in [1.165, 1.54) is 0 Å². The molecule has 0 fully saturated rings. The van der Waals surface area contributed by atoms with E-state index < -0.39 is 23.6 Å². The Morgan fingerprint density at radius 1 is 1.19 bits per heavy atom. The van der Waals surface area contributed by atoms with Gasteiger partial charge in [-0.3, -0.25) is 4.79 Å². The maximum atomic E-state index is 12.7. The number of nitrogens with one attached hydrogen (secondary N) is 1. The zero-order chi connectivity index (χ0) is 15.6. The molecule has 1 aromatic rings. The molecule has 1 aliphatic rings. The van der Waals surface area contributed by atoms with Gasteiger partial charge in [0, 0.05) is 5.92 Å². The lowest BCUT2D eigenvalue weighted by molar-refractivity contribution is -0.137. The van der Waals surface area contributed by atoms with Crippen molar-refractivity contribution in [1.82, 2.24) is 0 Å². The molecule has 0 unspecified atom stereocenters. The van der Waals surface area contributed by atoms with Crippen molar-refractivity contribution in [3.8, 4) is 0 Å². The van der Waals surface area contributed by atoms with E-state index in [2.05, 4.69) is 5.32 Å². The molecule has 0 bridgehead atoms. The van der Waals surface area contributed by atoms with Crippen LogP contribution in [0, 0.1) is 5.92 Å². The first-order valence-corrected chi connectivity index (χ1v) is 6.19. The number of benzene rings is 1. The molecule has 0 spiro atoms. The molecule has 4 nitrogen and oxygen atoms in total. The molecule has 0 aromatic heterocycles. The minimum Gasteiger partial charge on any atom is -0.478 e. The lowest BCUT2D eigenvalue weighted by Gasteiger charge is -2.15. The lowest BCUT2D eigenvalue weighted by Crippen LogP contribution is -2.22. The molecule has 0 saturated heterocycles. The first kappa shape index (κ1) is 15.1. The number of allylic oxidation sites excluding steroid dienone is 2. The number of rotatable bonds is 3. The molecule has 2 rings (SSSR count). The summed E-state index contributed by atoms with van der Waals surface area (Å²) in [6, 6.07) is 2.16. The highest BCUT2D eigenvalue weighted by Gasteiger charge is 2.32. The van der Waals surface area contributed by atoms with Crippen molar-refractivity contribution in [2.45, 2.75) is 19.0 Å². The summed E-state index contributed by atoms with van der Waals surface area (Å²) in [5.41, 5.74) is -1.72. The minimum absolute atomic E-state index is 0.339. The average Bonchev–Trinajstić information content (AvgIpc) is 2.91. The average molecular weight is 299 g/mol. The van der Waals surface area contributed by atoms with Crippen molar-refractivity contribution in [1.29, 1.82) is 0 Å². The van der Waals surface area contributed by atoms with E-state index in [1.807, 2.05) is 0 Å². The molecule has 0 heterocycles. The van der Waals surface area contributed by atoms with Crippen LogP contribution in [0.5, 0.6) is 0 Å². The third-order valence-electron chi connectivity index (χ3n) is 3.21. The van der Waals surface area contributed by atoms with Crippen molar-refractivity contribution in [3.63, 3.8) is 0 Å². The van der Waals surface area contributed by atoms with E-state index in [4.69, 9.17) is 5.11 Å². The Bertz CT molecular complexity index is 600. The highest BCUT2D eigenvalue weighted by molar-refractivity contribution is 6.01. The number of carboxylic acids is 1. The SMILES string of the molecule is O=C(O)c1ccc(C(F)(F)F)cc1NC(=O)C1CC=CC1. The van der Waals surface area contributed by atoms with Crippen LogP contribution in [0.3, 0.4) is 0 Å². The van der Waals surface area contributed by atoms with Crippen LogP contribution in [0.2, 0.25) is 0 Å². The summed E-state index contributed by atoms with van der Waals surface area (Å²) in [6.07, 6.45) is -0.0190. The molecular formula is C14H12F3NO3. The van der Waals surface area contributed by atoms with Gasteiger partial charge in [0.25, 0.3) is 0 Å². The maximum absolute atomic E-state index is 12.7. The van der Waals surface area contributed by atoms with E-state index in [-0.39, 0.29) is 17.2 Å². The number of amides is 1. The van der Waals surface area contributed by atoms with Crippen LogP contribution in [-0.4, -0.2) is 17.0 Å². The summed E-state index contributed by atoms with van der Waals surface area (Å²) < 4.78 is 38.0. The van der Waals surface area contributed by atoms with Crippen LogP contribution in [0.1, 0.15) is 28.8 Å². The van der Waals surface area contributed by atoms with Crippen LogP contribution < -0.4 is 5.32 Å². The van der Waals surface area contributed by atoms with Crippen molar-refractivity contribution in [2.24, 2.45) is 5.92 Å². The van der Waals surface area contributed by atoms with E-state index in [9.17, 15) is 22.8 Å². The van der Waals surface area contributed by atoms with Gasteiger partial charge in [0.1, 0.15) is 0 Å². The van der Waals surface area contributed by atoms with Gasteiger partial charge in [0.15, 0.2) is 0 Å². The predicted octanol–water partition coefficient (Wildman–Crippen LogP) is 3.31. The molecule has 1 aliphatic carbocycles. The van der Waals surface area contributed by atoms with Crippen molar-refractivity contribution in [3.05, 3.63) is 41.5 Å². The summed E-state index contributed by atoms with van der Waals surface area (Å²) in [7, 11) is 0. The number of carboxylic acid groups (broad SMARTS) is 1. The Kier molecular flexibility index (Phi) is 4.02. The number of carbonyl (C=O) groups excluding carboxylic acids is 1. The second kappa shape index (κ2) is 5.59. The normalized spacial score (nSPS) is 15.2. The number of aromatic carboxylic acids is 1. The smallest absolute Gasteiger partial charge is 0.416 e. The first-order chi connectivity index (χ1) is 9.79. The largest absolute Gasteiger partial charge is 0.478 e. The summed E-state index contributed by atoms with van der Waals surface area (Å²) >= 11 is 0. The second-order valence-corrected chi connectivity index (χ2v) is 4.69. The molecule has 1 aromatic carbocycles. The standard InChI is InChI=1S/C14H12F3NO3/c15-14(16,17)9-5-6-10(13(20)21)11(7-9)18-12(19)8-3-1-2-4-8/h1-2,5-8H,3-4H2,(H,18,19)(H,20,21). The highest BCUT2D eigenvalue weighted by Crippen LogP contribution is 2.32. The molecule has 0 radical (unpaired) electrons. The first-order valence-electron chi connectivity index (χ1n) is 6.19. The molecule has 0 saturated carbocycles. The molecule has 1 amide bonds. The molecule has 21 heavy (non-hydrogen) atoms. The number of carbonyl (C=O) groups is 2. The van der Waals surface area contributed by atoms with Gasteiger partial charge in [-0.05, 0) is 31.0 Å². The van der Waals surface area contributed by atoms with Crippen molar-refractivity contribution < 1.29 is 27.9 Å². The topological polar surface area (TPSA) is 66.4 Å². The van der Waals surface area contributed by atoms with Crippen LogP contribution in [0.4, 0.5) is 18.9 Å². The van der Waals surface area contributed by atoms with Crippen LogP contribution in [-0.2, 0) is 11.0 Å². The number of alkyl halides is 3. The highest BCUT2D eigenvalue weighted by atomic mass is 19.4. The Balaban J connectivity index is 2.30. The van der Waals surface area contributed by atoms with E-state index in [1.54, 1.807) is 12.2 Å². The van der Waals surface area contributed by atoms with Crippen LogP contribution in [0.25, 0.3) is 0 Å². The minimum atomic E-state index is -4.61. The van der Waals surface area contributed by atoms with Gasteiger partial charge in [0.2, 0.25) is 5.91 Å². The molecular weight excluding hydrogens is 287 g/mol. The summed E-state index contributed by atoms with van der Waals surface area (Å²) in [4.78, 5) is 23.0. The molecule has 0 aliphatic heterocycles. The Labute approximate surface area is 118 Å². The van der Waals surface area contributed by atoms with Gasteiger partial charge in [-0.1, -0.05) is 12.2 Å². The van der Waals surface area contributed by atoms with Gasteiger partial charge < -0.3 is 10.4 Å². The summed E-state index contributed by atoms with van der Waals surface area (Å²) in [5, 5.41) is 11.3. The van der Waals surface area contributed by atoms with E-state index >= 15 is 0 Å². The fraction of sp³-hybridized carbons (Fsp3) is 0.286. The van der Waals surface area contributed by atoms with Gasteiger partial charge in [-0.15, -0.1) is 0 Å². The maximum Gasteiger partial charge on any atom is 0.416 e. The molecule has 7 heteroatoms. The summed E-state index contributed by atoms with van der Waals surface area (Å²) in [5.74, 6) is -2.26. The number of anilines is 1. The molecule has 2 N–H and O–H groups in total. The summed E-state index contributed by atoms with van der Waals surface area (Å²) in [6.45, 7) is 0. The molecule has 0 atom stereocenters. The Morgan fingerprint density at radius 2 is 1.81 bits per heavy atom. The second-order valence-electron chi connectivity index (χ2n) is 4.69. The fourth-order valence-corrected chi connectivity index (χ4v) is 2.08. The van der Waals surface area contributed by atoms with E-state index in [0.717, 1.165) is 6.07 Å². The number of hydrogen-bond acceptors (Lipinski definition) is 2. The Morgan fingerprint density at radius 3 is 2.33 bits per heavy atom. The third-order valence-corrected chi connectivity index (χ3v) is 3.21. The zero-order valence-electron chi connectivity index (χ0n) is 10.8.